The van der Waals surface area contributed by atoms with Gasteiger partial charge in [-0.05, 0) is 37.8 Å². The third-order valence-corrected chi connectivity index (χ3v) is 3.55. The Hall–Kier alpha value is -2.15. The minimum atomic E-state index is -0.599. The maximum Gasteiger partial charge on any atom is 0.262 e. The van der Waals surface area contributed by atoms with Crippen molar-refractivity contribution in [1.29, 1.82) is 5.26 Å². The maximum absolute atomic E-state index is 12.2. The molecule has 1 atom stereocenters. The third kappa shape index (κ3) is 1.44. The average Bonchev–Trinajstić information content (AvgIpc) is 3.15. The van der Waals surface area contributed by atoms with Crippen molar-refractivity contribution in [3.05, 3.63) is 34.9 Å². The molecular weight excluding hydrogens is 228 g/mol. The van der Waals surface area contributed by atoms with Crippen molar-refractivity contribution >= 4 is 11.8 Å². The minimum absolute atomic E-state index is 0.165. The summed E-state index contributed by atoms with van der Waals surface area (Å²) in [5.74, 6) is -0.482. The molecule has 1 aromatic rings. The van der Waals surface area contributed by atoms with E-state index in [-0.39, 0.29) is 17.7 Å². The first-order valence-corrected chi connectivity index (χ1v) is 6.01. The number of imide groups is 1. The van der Waals surface area contributed by atoms with Crippen molar-refractivity contribution in [2.24, 2.45) is 5.92 Å². The Balaban J connectivity index is 2.04. The molecule has 90 valence electrons. The Labute approximate surface area is 105 Å². The summed E-state index contributed by atoms with van der Waals surface area (Å²) in [7, 11) is 0. The van der Waals surface area contributed by atoms with Gasteiger partial charge in [-0.1, -0.05) is 11.6 Å². The second kappa shape index (κ2) is 3.67. The van der Waals surface area contributed by atoms with E-state index in [0.717, 1.165) is 23.3 Å². The van der Waals surface area contributed by atoms with Crippen molar-refractivity contribution < 1.29 is 9.59 Å². The van der Waals surface area contributed by atoms with Gasteiger partial charge in [-0.15, -0.1) is 0 Å². The van der Waals surface area contributed by atoms with Crippen LogP contribution < -0.4 is 0 Å². The van der Waals surface area contributed by atoms with E-state index in [9.17, 15) is 9.59 Å². The van der Waals surface area contributed by atoms with Crippen LogP contribution in [0.4, 0.5) is 0 Å². The number of carbonyl (C=O) groups excluding carboxylic acids is 2. The molecule has 4 heteroatoms. The molecule has 0 radical (unpaired) electrons. The van der Waals surface area contributed by atoms with Gasteiger partial charge in [0.15, 0.2) is 0 Å². The van der Waals surface area contributed by atoms with Crippen molar-refractivity contribution in [1.82, 2.24) is 4.90 Å². The lowest BCUT2D eigenvalue weighted by atomic mass is 10.1. The number of rotatable bonds is 2. The number of benzene rings is 1. The predicted octanol–water partition coefficient (Wildman–Crippen LogP) is 1.89. The quantitative estimate of drug-likeness (QED) is 0.742. The number of nitriles is 1. The SMILES string of the molecule is Cc1ccc2c(c1)C(=O)N(C(C#N)C1CC1)C2=O. The lowest BCUT2D eigenvalue weighted by molar-refractivity contribution is 0.0605. The zero-order chi connectivity index (χ0) is 12.9. The monoisotopic (exact) mass is 240 g/mol. The summed E-state index contributed by atoms with van der Waals surface area (Å²) in [5, 5.41) is 9.17. The summed E-state index contributed by atoms with van der Waals surface area (Å²) in [4.78, 5) is 25.6. The molecule has 3 rings (SSSR count). The summed E-state index contributed by atoms with van der Waals surface area (Å²) in [6, 6.07) is 6.70. The van der Waals surface area contributed by atoms with Crippen LogP contribution in [0.15, 0.2) is 18.2 Å². The molecule has 18 heavy (non-hydrogen) atoms. The van der Waals surface area contributed by atoms with Crippen LogP contribution in [0.5, 0.6) is 0 Å². The molecule has 0 spiro atoms. The molecule has 1 aromatic carbocycles. The Morgan fingerprint density at radius 3 is 2.56 bits per heavy atom. The summed E-state index contributed by atoms with van der Waals surface area (Å²) in [6.07, 6.45) is 1.84. The second-order valence-corrected chi connectivity index (χ2v) is 4.94. The lowest BCUT2D eigenvalue weighted by Gasteiger charge is -2.19. The Bertz CT molecular complexity index is 596. The van der Waals surface area contributed by atoms with E-state index in [1.807, 2.05) is 13.0 Å². The van der Waals surface area contributed by atoms with Gasteiger partial charge in [0.05, 0.1) is 17.2 Å². The molecule has 4 nitrogen and oxygen atoms in total. The average molecular weight is 240 g/mol. The zero-order valence-corrected chi connectivity index (χ0v) is 10.0. The van der Waals surface area contributed by atoms with Crippen LogP contribution in [0.2, 0.25) is 0 Å². The van der Waals surface area contributed by atoms with E-state index in [1.165, 1.54) is 0 Å². The number of hydrogen-bond acceptors (Lipinski definition) is 3. The van der Waals surface area contributed by atoms with Crippen molar-refractivity contribution in [3.63, 3.8) is 0 Å². The number of amides is 2. The molecule has 1 unspecified atom stereocenters. The molecule has 1 aliphatic carbocycles. The fourth-order valence-electron chi connectivity index (χ4n) is 2.41. The molecule has 0 bridgehead atoms. The van der Waals surface area contributed by atoms with Gasteiger partial charge in [0.25, 0.3) is 11.8 Å². The van der Waals surface area contributed by atoms with E-state index in [4.69, 9.17) is 5.26 Å². The number of aryl methyl sites for hydroxylation is 1. The van der Waals surface area contributed by atoms with Crippen LogP contribution in [0.3, 0.4) is 0 Å². The summed E-state index contributed by atoms with van der Waals surface area (Å²) in [6.45, 7) is 1.88. The molecule has 2 aliphatic rings. The number of carbonyl (C=O) groups is 2. The fourth-order valence-corrected chi connectivity index (χ4v) is 2.41. The summed E-state index contributed by atoms with van der Waals surface area (Å²) >= 11 is 0. The highest BCUT2D eigenvalue weighted by Gasteiger charge is 2.45. The van der Waals surface area contributed by atoms with Crippen molar-refractivity contribution in [2.45, 2.75) is 25.8 Å². The van der Waals surface area contributed by atoms with Crippen LogP contribution in [0.1, 0.15) is 39.1 Å². The van der Waals surface area contributed by atoms with Crippen molar-refractivity contribution in [3.8, 4) is 6.07 Å². The van der Waals surface area contributed by atoms with Gasteiger partial charge < -0.3 is 0 Å². The first-order chi connectivity index (χ1) is 8.63. The molecule has 2 amide bonds. The van der Waals surface area contributed by atoms with E-state index in [1.54, 1.807) is 12.1 Å². The van der Waals surface area contributed by atoms with Gasteiger partial charge in [-0.25, -0.2) is 0 Å². The maximum atomic E-state index is 12.2. The first-order valence-electron chi connectivity index (χ1n) is 6.01. The molecule has 1 fully saturated rings. The first kappa shape index (κ1) is 11.0. The number of nitrogens with zero attached hydrogens (tertiary/aromatic N) is 2. The Kier molecular flexibility index (Phi) is 2.24. The number of hydrogen-bond donors (Lipinski definition) is 0. The normalized spacial score (nSPS) is 19.7. The van der Waals surface area contributed by atoms with Gasteiger partial charge in [0.2, 0.25) is 0 Å². The fraction of sp³-hybridized carbons (Fsp3) is 0.357. The second-order valence-electron chi connectivity index (χ2n) is 4.94. The summed E-state index contributed by atoms with van der Waals surface area (Å²) < 4.78 is 0. The smallest absolute Gasteiger partial charge is 0.262 e. The highest BCUT2D eigenvalue weighted by atomic mass is 16.2. The molecular formula is C14H12N2O2. The molecule has 1 aliphatic heterocycles. The molecule has 0 N–H and O–H groups in total. The van der Waals surface area contributed by atoms with E-state index in [0.29, 0.717) is 11.1 Å². The van der Waals surface area contributed by atoms with E-state index < -0.39 is 6.04 Å². The molecule has 0 aromatic heterocycles. The topological polar surface area (TPSA) is 61.2 Å². The highest BCUT2D eigenvalue weighted by molar-refractivity contribution is 6.21. The van der Waals surface area contributed by atoms with Crippen LogP contribution in [-0.2, 0) is 0 Å². The number of fused-ring (bicyclic) bond motifs is 1. The van der Waals surface area contributed by atoms with Gasteiger partial charge in [-0.3, -0.25) is 14.5 Å². The van der Waals surface area contributed by atoms with Gasteiger partial charge in [-0.2, -0.15) is 5.26 Å². The third-order valence-electron chi connectivity index (χ3n) is 3.55. The molecule has 0 saturated heterocycles. The van der Waals surface area contributed by atoms with Gasteiger partial charge in [0, 0.05) is 0 Å². The Morgan fingerprint density at radius 2 is 1.94 bits per heavy atom. The van der Waals surface area contributed by atoms with Crippen LogP contribution >= 0.6 is 0 Å². The zero-order valence-electron chi connectivity index (χ0n) is 10.0. The standard InChI is InChI=1S/C14H12N2O2/c1-8-2-5-10-11(6-8)14(18)16(13(10)17)12(7-15)9-3-4-9/h2,5-6,9,12H,3-4H2,1H3. The van der Waals surface area contributed by atoms with Gasteiger partial charge >= 0.3 is 0 Å². The summed E-state index contributed by atoms with van der Waals surface area (Å²) in [5.41, 5.74) is 1.80. The molecule has 1 heterocycles. The lowest BCUT2D eigenvalue weighted by Crippen LogP contribution is -2.40. The minimum Gasteiger partial charge on any atom is -0.269 e. The largest absolute Gasteiger partial charge is 0.269 e. The Morgan fingerprint density at radius 1 is 1.28 bits per heavy atom. The van der Waals surface area contributed by atoms with Gasteiger partial charge in [0.1, 0.15) is 6.04 Å². The highest BCUT2D eigenvalue weighted by Crippen LogP contribution is 2.38. The van der Waals surface area contributed by atoms with Crippen LogP contribution in [-0.4, -0.2) is 22.8 Å². The predicted molar refractivity (Wildman–Crippen MR) is 63.8 cm³/mol. The van der Waals surface area contributed by atoms with Crippen molar-refractivity contribution in [2.75, 3.05) is 0 Å². The van der Waals surface area contributed by atoms with E-state index >= 15 is 0 Å². The molecule has 1 saturated carbocycles. The van der Waals surface area contributed by atoms with E-state index in [2.05, 4.69) is 6.07 Å². The van der Waals surface area contributed by atoms with Crippen LogP contribution in [0.25, 0.3) is 0 Å². The van der Waals surface area contributed by atoms with Crippen LogP contribution in [0, 0.1) is 24.2 Å².